The lowest BCUT2D eigenvalue weighted by Gasteiger charge is -2.30. The number of nitrogens with zero attached hydrogens (tertiary/aromatic N) is 2. The molecule has 2 N–H and O–H groups in total. The second kappa shape index (κ2) is 11.8. The average molecular weight is 455 g/mol. The molecule has 1 atom stereocenters. The molecule has 0 radical (unpaired) electrons. The number of likely N-dealkylation sites (N-methyl/N-ethyl adjacent to an activating group) is 1. The number of carbonyl (C=O) groups excluding carboxylic acids is 1. The van der Waals surface area contributed by atoms with Crippen LogP contribution in [-0.4, -0.2) is 65.4 Å². The van der Waals surface area contributed by atoms with Crippen molar-refractivity contribution in [2.75, 3.05) is 45.7 Å². The number of sulfonamides is 1. The van der Waals surface area contributed by atoms with Crippen LogP contribution in [0.15, 0.2) is 23.1 Å². The van der Waals surface area contributed by atoms with Gasteiger partial charge in [-0.3, -0.25) is 4.79 Å². The van der Waals surface area contributed by atoms with E-state index in [2.05, 4.69) is 15.5 Å². The van der Waals surface area contributed by atoms with Crippen molar-refractivity contribution < 1.29 is 13.2 Å². The Kier molecular flexibility index (Phi) is 11.4. The van der Waals surface area contributed by atoms with E-state index in [0.717, 1.165) is 35.9 Å². The lowest BCUT2D eigenvalue weighted by atomic mass is 10.1. The largest absolute Gasteiger partial charge is 0.371 e. The first-order valence-electron chi connectivity index (χ1n) is 9.04. The van der Waals surface area contributed by atoms with Crippen molar-refractivity contribution in [1.82, 2.24) is 14.9 Å². The summed E-state index contributed by atoms with van der Waals surface area (Å²) in [6.45, 7) is 4.21. The molecule has 1 heterocycles. The van der Waals surface area contributed by atoms with E-state index < -0.39 is 10.0 Å². The minimum Gasteiger partial charge on any atom is -0.371 e. The van der Waals surface area contributed by atoms with Crippen LogP contribution in [0.4, 0.5) is 5.69 Å². The first-order chi connectivity index (χ1) is 12.3. The Labute approximate surface area is 181 Å². The van der Waals surface area contributed by atoms with Gasteiger partial charge in [0.05, 0.1) is 10.5 Å². The van der Waals surface area contributed by atoms with Gasteiger partial charge in [-0.15, -0.1) is 24.8 Å². The monoisotopic (exact) mass is 454 g/mol. The Bertz CT molecular complexity index is 738. The van der Waals surface area contributed by atoms with Crippen LogP contribution in [0, 0.1) is 0 Å². The van der Waals surface area contributed by atoms with Crippen LogP contribution >= 0.6 is 24.8 Å². The zero-order chi connectivity index (χ0) is 19.3. The number of nitrogens with one attached hydrogen (secondary N) is 2. The molecule has 1 aromatic carbocycles. The molecular formula is C18H32Cl2N4O3S. The summed E-state index contributed by atoms with van der Waals surface area (Å²) in [5, 5.41) is 5.97. The van der Waals surface area contributed by atoms with Crippen molar-refractivity contribution in [2.24, 2.45) is 0 Å². The topological polar surface area (TPSA) is 81.7 Å². The summed E-state index contributed by atoms with van der Waals surface area (Å²) in [6.07, 6.45) is 3.34. The molecule has 1 aliphatic heterocycles. The van der Waals surface area contributed by atoms with Crippen LogP contribution < -0.4 is 15.5 Å². The third-order valence-electron chi connectivity index (χ3n) is 4.75. The number of rotatable bonds is 7. The summed E-state index contributed by atoms with van der Waals surface area (Å²) in [6, 6.07) is 4.98. The summed E-state index contributed by atoms with van der Waals surface area (Å²) < 4.78 is 26.1. The molecule has 0 bridgehead atoms. The standard InChI is InChI=1S/C18H30N4O3S.2ClH/c1-14(19-2)13-20-18(23)16-12-15(26(24,25)21(3)4)8-9-17(16)22-10-6-5-7-11-22;;/h8-9,12,14,19H,5-7,10-11,13H2,1-4H3,(H,20,23);2*1H. The fourth-order valence-corrected chi connectivity index (χ4v) is 3.85. The summed E-state index contributed by atoms with van der Waals surface area (Å²) >= 11 is 0. The van der Waals surface area contributed by atoms with Gasteiger partial charge in [0, 0.05) is 45.5 Å². The molecule has 0 spiro atoms. The van der Waals surface area contributed by atoms with Gasteiger partial charge in [-0.05, 0) is 51.4 Å². The van der Waals surface area contributed by atoms with Crippen LogP contribution in [0.3, 0.4) is 0 Å². The van der Waals surface area contributed by atoms with E-state index in [1.807, 2.05) is 14.0 Å². The van der Waals surface area contributed by atoms with Crippen LogP contribution in [-0.2, 0) is 10.0 Å². The number of amides is 1. The van der Waals surface area contributed by atoms with Gasteiger partial charge in [0.2, 0.25) is 10.0 Å². The fraction of sp³-hybridized carbons (Fsp3) is 0.611. The van der Waals surface area contributed by atoms with Gasteiger partial charge in [-0.2, -0.15) is 0 Å². The Balaban J connectivity index is 0.00000364. The fourth-order valence-electron chi connectivity index (χ4n) is 2.92. The molecule has 1 aromatic rings. The maximum Gasteiger partial charge on any atom is 0.253 e. The molecule has 28 heavy (non-hydrogen) atoms. The van der Waals surface area contributed by atoms with Gasteiger partial charge in [-0.1, -0.05) is 0 Å². The SMILES string of the molecule is CNC(C)CNC(=O)c1cc(S(=O)(=O)N(C)C)ccc1N1CCCCC1.Cl.Cl. The van der Waals surface area contributed by atoms with Gasteiger partial charge in [0.1, 0.15) is 0 Å². The highest BCUT2D eigenvalue weighted by atomic mass is 35.5. The highest BCUT2D eigenvalue weighted by molar-refractivity contribution is 7.89. The third kappa shape index (κ3) is 6.49. The number of carbonyl (C=O) groups is 1. The molecule has 162 valence electrons. The molecule has 1 amide bonds. The molecule has 0 saturated carbocycles. The number of halogens is 2. The van der Waals surface area contributed by atoms with E-state index in [1.54, 1.807) is 12.1 Å². The Morgan fingerprint density at radius 1 is 1.18 bits per heavy atom. The third-order valence-corrected chi connectivity index (χ3v) is 6.56. The normalized spacial score (nSPS) is 15.4. The van der Waals surface area contributed by atoms with E-state index in [1.165, 1.54) is 26.6 Å². The Morgan fingerprint density at radius 2 is 1.79 bits per heavy atom. The zero-order valence-electron chi connectivity index (χ0n) is 16.9. The van der Waals surface area contributed by atoms with Crippen LogP contribution in [0.25, 0.3) is 0 Å². The maximum atomic E-state index is 12.8. The Morgan fingerprint density at radius 3 is 2.32 bits per heavy atom. The first kappa shape index (κ1) is 26.9. The van der Waals surface area contributed by atoms with Crippen molar-refractivity contribution in [3.63, 3.8) is 0 Å². The minimum absolute atomic E-state index is 0. The second-order valence-electron chi connectivity index (χ2n) is 6.91. The number of benzene rings is 1. The molecule has 7 nitrogen and oxygen atoms in total. The van der Waals surface area contributed by atoms with E-state index in [9.17, 15) is 13.2 Å². The summed E-state index contributed by atoms with van der Waals surface area (Å²) in [5.74, 6) is -0.247. The number of piperidine rings is 1. The Hall–Kier alpha value is -1.06. The summed E-state index contributed by atoms with van der Waals surface area (Å²) in [5.41, 5.74) is 1.22. The molecule has 0 aromatic heterocycles. The molecular weight excluding hydrogens is 423 g/mol. The summed E-state index contributed by atoms with van der Waals surface area (Å²) in [7, 11) is 1.22. The minimum atomic E-state index is -3.59. The molecule has 10 heteroatoms. The van der Waals surface area contributed by atoms with Gasteiger partial charge in [0.25, 0.3) is 5.91 Å². The van der Waals surface area contributed by atoms with E-state index >= 15 is 0 Å². The van der Waals surface area contributed by atoms with Crippen molar-refractivity contribution in [1.29, 1.82) is 0 Å². The predicted molar refractivity (Wildman–Crippen MR) is 119 cm³/mol. The van der Waals surface area contributed by atoms with Crippen molar-refractivity contribution >= 4 is 46.4 Å². The quantitative estimate of drug-likeness (QED) is 0.658. The average Bonchev–Trinajstić information content (AvgIpc) is 2.65. The van der Waals surface area contributed by atoms with E-state index in [4.69, 9.17) is 0 Å². The van der Waals surface area contributed by atoms with Gasteiger partial charge >= 0.3 is 0 Å². The lowest BCUT2D eigenvalue weighted by molar-refractivity contribution is 0.0950. The zero-order valence-corrected chi connectivity index (χ0v) is 19.3. The highest BCUT2D eigenvalue weighted by Gasteiger charge is 2.24. The maximum absolute atomic E-state index is 12.8. The smallest absolute Gasteiger partial charge is 0.253 e. The molecule has 2 rings (SSSR count). The molecule has 1 saturated heterocycles. The molecule has 1 aliphatic rings. The van der Waals surface area contributed by atoms with Crippen molar-refractivity contribution in [3.05, 3.63) is 23.8 Å². The summed E-state index contributed by atoms with van der Waals surface area (Å²) in [4.78, 5) is 15.1. The van der Waals surface area contributed by atoms with E-state index in [0.29, 0.717) is 12.1 Å². The lowest BCUT2D eigenvalue weighted by Crippen LogP contribution is -2.38. The first-order valence-corrected chi connectivity index (χ1v) is 10.5. The number of hydrogen-bond donors (Lipinski definition) is 2. The number of hydrogen-bond acceptors (Lipinski definition) is 5. The van der Waals surface area contributed by atoms with Crippen molar-refractivity contribution in [3.8, 4) is 0 Å². The van der Waals surface area contributed by atoms with Crippen LogP contribution in [0.5, 0.6) is 0 Å². The van der Waals surface area contributed by atoms with Crippen LogP contribution in [0.2, 0.25) is 0 Å². The van der Waals surface area contributed by atoms with Gasteiger partial charge in [-0.25, -0.2) is 12.7 Å². The van der Waals surface area contributed by atoms with E-state index in [-0.39, 0.29) is 41.7 Å². The van der Waals surface area contributed by atoms with Gasteiger partial charge in [0.15, 0.2) is 0 Å². The van der Waals surface area contributed by atoms with Crippen molar-refractivity contribution in [2.45, 2.75) is 37.1 Å². The highest BCUT2D eigenvalue weighted by Crippen LogP contribution is 2.27. The molecule has 1 fully saturated rings. The molecule has 0 aliphatic carbocycles. The van der Waals surface area contributed by atoms with Gasteiger partial charge < -0.3 is 15.5 Å². The second-order valence-corrected chi connectivity index (χ2v) is 9.07. The predicted octanol–water partition coefficient (Wildman–Crippen LogP) is 2.11. The number of anilines is 1. The molecule has 1 unspecified atom stereocenters. The van der Waals surface area contributed by atoms with Crippen LogP contribution in [0.1, 0.15) is 36.5 Å².